The fourth-order valence-corrected chi connectivity index (χ4v) is 1.19. The normalized spacial score (nSPS) is 39.6. The van der Waals surface area contributed by atoms with E-state index in [4.69, 9.17) is 5.73 Å². The molecule has 0 aromatic carbocycles. The average Bonchev–Trinajstić information content (AvgIpc) is 1.83. The molecule has 0 radical (unpaired) electrons. The van der Waals surface area contributed by atoms with Crippen molar-refractivity contribution in [3.05, 3.63) is 23.8 Å². The van der Waals surface area contributed by atoms with Crippen molar-refractivity contribution in [1.29, 1.82) is 0 Å². The second-order valence-corrected chi connectivity index (χ2v) is 3.36. The molecule has 1 aliphatic rings. The highest BCUT2D eigenvalue weighted by Gasteiger charge is 2.25. The van der Waals surface area contributed by atoms with Gasteiger partial charge >= 0.3 is 0 Å². The zero-order valence-electron chi connectivity index (χ0n) is 6.89. The maximum absolute atomic E-state index is 5.98. The Bertz CT molecular complexity index is 187. The third-order valence-corrected chi connectivity index (χ3v) is 2.43. The van der Waals surface area contributed by atoms with Crippen LogP contribution < -0.4 is 5.73 Å². The number of allylic oxidation sites excluding steroid dienone is 2. The number of nitrogens with two attached hydrogens (primary N) is 1. The quantitative estimate of drug-likeness (QED) is 0.542. The highest BCUT2D eigenvalue weighted by Crippen LogP contribution is 2.26. The molecule has 0 aromatic heterocycles. The highest BCUT2D eigenvalue weighted by atomic mass is 14.7. The van der Waals surface area contributed by atoms with Crippen molar-refractivity contribution in [2.45, 2.75) is 26.3 Å². The van der Waals surface area contributed by atoms with Crippen LogP contribution in [0.2, 0.25) is 0 Å². The summed E-state index contributed by atoms with van der Waals surface area (Å²) >= 11 is 0. The van der Waals surface area contributed by atoms with Crippen molar-refractivity contribution in [2.75, 3.05) is 0 Å². The van der Waals surface area contributed by atoms with Gasteiger partial charge in [0.25, 0.3) is 0 Å². The zero-order chi connectivity index (χ0) is 7.78. The lowest BCUT2D eigenvalue weighted by molar-refractivity contribution is 0.435. The van der Waals surface area contributed by atoms with Crippen LogP contribution in [0.5, 0.6) is 0 Å². The van der Waals surface area contributed by atoms with Gasteiger partial charge in [-0.1, -0.05) is 30.7 Å². The van der Waals surface area contributed by atoms with Crippen LogP contribution in [-0.2, 0) is 0 Å². The van der Waals surface area contributed by atoms with Gasteiger partial charge in [0.15, 0.2) is 0 Å². The number of hydrogen-bond donors (Lipinski definition) is 1. The number of rotatable bonds is 0. The summed E-state index contributed by atoms with van der Waals surface area (Å²) in [6.07, 6.45) is 6.22. The fraction of sp³-hybridized carbons (Fsp3) is 0.556. The summed E-state index contributed by atoms with van der Waals surface area (Å²) in [6.45, 7) is 6.35. The van der Waals surface area contributed by atoms with Crippen LogP contribution in [0.15, 0.2) is 23.8 Å². The van der Waals surface area contributed by atoms with Gasteiger partial charge in [0.05, 0.1) is 0 Å². The maximum atomic E-state index is 5.98. The average molecular weight is 137 g/mol. The van der Waals surface area contributed by atoms with Crippen LogP contribution in [0.1, 0.15) is 20.8 Å². The first-order chi connectivity index (χ1) is 4.54. The molecule has 0 aromatic rings. The molecule has 1 heteroatoms. The van der Waals surface area contributed by atoms with E-state index in [1.165, 1.54) is 5.57 Å². The van der Waals surface area contributed by atoms with E-state index in [1.54, 1.807) is 0 Å². The lowest BCUT2D eigenvalue weighted by atomic mass is 9.80. The molecule has 1 aliphatic carbocycles. The molecule has 1 nitrogen and oxygen atoms in total. The van der Waals surface area contributed by atoms with Crippen molar-refractivity contribution < 1.29 is 0 Å². The molecule has 0 aliphatic heterocycles. The van der Waals surface area contributed by atoms with Crippen LogP contribution in [0.4, 0.5) is 0 Å². The Hall–Kier alpha value is -0.560. The third kappa shape index (κ3) is 1.14. The Balaban J connectivity index is 2.89. The fourth-order valence-electron chi connectivity index (χ4n) is 1.19. The first-order valence-electron chi connectivity index (χ1n) is 3.69. The van der Waals surface area contributed by atoms with Gasteiger partial charge in [0, 0.05) is 5.54 Å². The van der Waals surface area contributed by atoms with Gasteiger partial charge in [-0.25, -0.2) is 0 Å². The third-order valence-electron chi connectivity index (χ3n) is 2.43. The SMILES string of the molecule is CC1=CC=CC(C)(N)C1C. The summed E-state index contributed by atoms with van der Waals surface area (Å²) in [5.74, 6) is 0.470. The molecule has 1 rings (SSSR count). The van der Waals surface area contributed by atoms with Crippen LogP contribution >= 0.6 is 0 Å². The van der Waals surface area contributed by atoms with Crippen molar-refractivity contribution in [3.8, 4) is 0 Å². The Morgan fingerprint density at radius 2 is 2.20 bits per heavy atom. The van der Waals surface area contributed by atoms with E-state index >= 15 is 0 Å². The summed E-state index contributed by atoms with van der Waals surface area (Å²) in [6, 6.07) is 0. The van der Waals surface area contributed by atoms with Crippen LogP contribution in [0.3, 0.4) is 0 Å². The van der Waals surface area contributed by atoms with E-state index < -0.39 is 0 Å². The van der Waals surface area contributed by atoms with E-state index in [0.717, 1.165) is 0 Å². The first-order valence-corrected chi connectivity index (χ1v) is 3.69. The summed E-state index contributed by atoms with van der Waals surface area (Å²) in [5, 5.41) is 0. The van der Waals surface area contributed by atoms with E-state index in [9.17, 15) is 0 Å². The van der Waals surface area contributed by atoms with E-state index in [2.05, 4.69) is 32.9 Å². The zero-order valence-corrected chi connectivity index (χ0v) is 6.89. The van der Waals surface area contributed by atoms with Crippen molar-refractivity contribution in [3.63, 3.8) is 0 Å². The molecule has 2 N–H and O–H groups in total. The topological polar surface area (TPSA) is 26.0 Å². The molecule has 0 saturated heterocycles. The number of hydrogen-bond acceptors (Lipinski definition) is 1. The van der Waals surface area contributed by atoms with Gasteiger partial charge in [-0.15, -0.1) is 0 Å². The van der Waals surface area contributed by atoms with Gasteiger partial charge < -0.3 is 5.73 Å². The molecule has 56 valence electrons. The van der Waals surface area contributed by atoms with Gasteiger partial charge in [0.2, 0.25) is 0 Å². The van der Waals surface area contributed by atoms with E-state index in [1.807, 2.05) is 6.08 Å². The smallest absolute Gasteiger partial charge is 0.0377 e. The molecule has 0 bridgehead atoms. The minimum absolute atomic E-state index is 0.140. The molecule has 2 atom stereocenters. The summed E-state index contributed by atoms with van der Waals surface area (Å²) in [7, 11) is 0. The lowest BCUT2D eigenvalue weighted by Crippen LogP contribution is -2.42. The summed E-state index contributed by atoms with van der Waals surface area (Å²) < 4.78 is 0. The molecular formula is C9H15N. The minimum atomic E-state index is -0.140. The van der Waals surface area contributed by atoms with Crippen LogP contribution in [0, 0.1) is 5.92 Å². The van der Waals surface area contributed by atoms with Gasteiger partial charge in [-0.05, 0) is 19.8 Å². The van der Waals surface area contributed by atoms with Crippen LogP contribution in [0.25, 0.3) is 0 Å². The Labute approximate surface area is 62.6 Å². The maximum Gasteiger partial charge on any atom is 0.0377 e. The molecule has 0 spiro atoms. The Morgan fingerprint density at radius 3 is 2.60 bits per heavy atom. The first kappa shape index (κ1) is 7.55. The van der Waals surface area contributed by atoms with Crippen molar-refractivity contribution >= 4 is 0 Å². The van der Waals surface area contributed by atoms with Gasteiger partial charge in [0.1, 0.15) is 0 Å². The lowest BCUT2D eigenvalue weighted by Gasteiger charge is -2.31. The second-order valence-electron chi connectivity index (χ2n) is 3.36. The van der Waals surface area contributed by atoms with Crippen LogP contribution in [-0.4, -0.2) is 5.54 Å². The van der Waals surface area contributed by atoms with E-state index in [0.29, 0.717) is 5.92 Å². The Morgan fingerprint density at radius 1 is 1.60 bits per heavy atom. The van der Waals surface area contributed by atoms with Crippen molar-refractivity contribution in [2.24, 2.45) is 11.7 Å². The minimum Gasteiger partial charge on any atom is -0.322 e. The monoisotopic (exact) mass is 137 g/mol. The molecule has 10 heavy (non-hydrogen) atoms. The molecule has 2 unspecified atom stereocenters. The summed E-state index contributed by atoms with van der Waals surface area (Å²) in [5.41, 5.74) is 7.21. The predicted molar refractivity (Wildman–Crippen MR) is 44.7 cm³/mol. The second kappa shape index (κ2) is 2.24. The summed E-state index contributed by atoms with van der Waals surface area (Å²) in [4.78, 5) is 0. The predicted octanol–water partition coefficient (Wildman–Crippen LogP) is 1.86. The van der Waals surface area contributed by atoms with Gasteiger partial charge in [-0.3, -0.25) is 0 Å². The Kier molecular flexibility index (Phi) is 1.69. The molecular weight excluding hydrogens is 122 g/mol. The molecule has 0 heterocycles. The standard InChI is InChI=1S/C9H15N/c1-7-5-4-6-9(3,10)8(7)2/h4-6,8H,10H2,1-3H3. The highest BCUT2D eigenvalue weighted by molar-refractivity contribution is 5.27. The molecule has 0 fully saturated rings. The largest absolute Gasteiger partial charge is 0.322 e. The molecule has 0 saturated carbocycles. The van der Waals surface area contributed by atoms with Crippen molar-refractivity contribution in [1.82, 2.24) is 0 Å². The van der Waals surface area contributed by atoms with Gasteiger partial charge in [-0.2, -0.15) is 0 Å². The van der Waals surface area contributed by atoms with E-state index in [-0.39, 0.29) is 5.54 Å². The molecule has 0 amide bonds.